The molecule has 2 aromatic rings. The van der Waals surface area contributed by atoms with E-state index in [9.17, 15) is 9.59 Å². The second-order valence-corrected chi connectivity index (χ2v) is 6.52. The number of nitrogens with one attached hydrogen (secondary N) is 2. The summed E-state index contributed by atoms with van der Waals surface area (Å²) in [6.45, 7) is 4.12. The summed E-state index contributed by atoms with van der Waals surface area (Å²) in [6.07, 6.45) is 0.734. The van der Waals surface area contributed by atoms with E-state index in [1.54, 1.807) is 24.3 Å². The minimum Gasteiger partial charge on any atom is -0.340 e. The standard InChI is InChI=1S/C20H23ClN2O3/c1-3-14(2)18(22-19(24)16-9-11-17(21)12-10-16)20(25)23-26-13-15-7-5-4-6-8-15/h4-12,14,18H,3,13H2,1-2H3,(H,22,24)(H,23,25). The molecule has 0 spiro atoms. The first-order valence-electron chi connectivity index (χ1n) is 8.53. The Morgan fingerprint density at radius 3 is 2.35 bits per heavy atom. The van der Waals surface area contributed by atoms with Gasteiger partial charge in [0.25, 0.3) is 11.8 Å². The van der Waals surface area contributed by atoms with Gasteiger partial charge in [-0.3, -0.25) is 14.4 Å². The topological polar surface area (TPSA) is 67.4 Å². The number of rotatable bonds is 8. The van der Waals surface area contributed by atoms with Crippen molar-refractivity contribution in [3.05, 3.63) is 70.7 Å². The lowest BCUT2D eigenvalue weighted by atomic mass is 9.98. The fourth-order valence-electron chi connectivity index (χ4n) is 2.36. The first kappa shape index (κ1) is 19.9. The number of carbonyl (C=O) groups excluding carboxylic acids is 2. The molecule has 0 aliphatic heterocycles. The second-order valence-electron chi connectivity index (χ2n) is 6.08. The number of halogens is 1. The molecule has 138 valence electrons. The molecule has 0 bridgehead atoms. The van der Waals surface area contributed by atoms with E-state index in [4.69, 9.17) is 16.4 Å². The van der Waals surface area contributed by atoms with E-state index in [-0.39, 0.29) is 24.3 Å². The van der Waals surface area contributed by atoms with Gasteiger partial charge in [0.1, 0.15) is 6.04 Å². The maximum atomic E-state index is 12.5. The van der Waals surface area contributed by atoms with Crippen molar-refractivity contribution in [1.82, 2.24) is 10.8 Å². The van der Waals surface area contributed by atoms with Gasteiger partial charge in [-0.2, -0.15) is 0 Å². The van der Waals surface area contributed by atoms with Crippen molar-refractivity contribution in [2.24, 2.45) is 5.92 Å². The number of amides is 2. The molecule has 2 rings (SSSR count). The summed E-state index contributed by atoms with van der Waals surface area (Å²) in [5, 5.41) is 3.33. The molecule has 0 saturated heterocycles. The molecule has 0 aliphatic carbocycles. The average molecular weight is 375 g/mol. The van der Waals surface area contributed by atoms with Gasteiger partial charge >= 0.3 is 0 Å². The highest BCUT2D eigenvalue weighted by atomic mass is 35.5. The van der Waals surface area contributed by atoms with Gasteiger partial charge in [0.05, 0.1) is 6.61 Å². The van der Waals surface area contributed by atoms with Crippen molar-refractivity contribution in [3.8, 4) is 0 Å². The maximum absolute atomic E-state index is 12.5. The molecule has 0 aromatic heterocycles. The zero-order valence-corrected chi connectivity index (χ0v) is 15.6. The SMILES string of the molecule is CCC(C)C(NC(=O)c1ccc(Cl)cc1)C(=O)NOCc1ccccc1. The predicted molar refractivity (Wildman–Crippen MR) is 102 cm³/mol. The fourth-order valence-corrected chi connectivity index (χ4v) is 2.48. The Kier molecular flexibility index (Phi) is 7.63. The van der Waals surface area contributed by atoms with Crippen LogP contribution in [0.2, 0.25) is 5.02 Å². The van der Waals surface area contributed by atoms with Gasteiger partial charge in [0.15, 0.2) is 0 Å². The predicted octanol–water partition coefficient (Wildman–Crippen LogP) is 3.73. The Morgan fingerprint density at radius 2 is 1.73 bits per heavy atom. The molecule has 2 N–H and O–H groups in total. The molecule has 0 heterocycles. The zero-order valence-electron chi connectivity index (χ0n) is 14.9. The molecule has 26 heavy (non-hydrogen) atoms. The number of hydrogen-bond acceptors (Lipinski definition) is 3. The first-order chi connectivity index (χ1) is 12.5. The smallest absolute Gasteiger partial charge is 0.266 e. The highest BCUT2D eigenvalue weighted by Gasteiger charge is 2.26. The van der Waals surface area contributed by atoms with E-state index in [0.717, 1.165) is 12.0 Å². The molecular weight excluding hydrogens is 352 g/mol. The van der Waals surface area contributed by atoms with Crippen LogP contribution in [0.4, 0.5) is 0 Å². The summed E-state index contributed by atoms with van der Waals surface area (Å²) in [5.74, 6) is -0.755. The third kappa shape index (κ3) is 5.86. The summed E-state index contributed by atoms with van der Waals surface area (Å²) in [7, 11) is 0. The average Bonchev–Trinajstić information content (AvgIpc) is 2.66. The van der Waals surface area contributed by atoms with Crippen LogP contribution in [-0.2, 0) is 16.2 Å². The van der Waals surface area contributed by atoms with Crippen LogP contribution in [0.5, 0.6) is 0 Å². The van der Waals surface area contributed by atoms with Gasteiger partial charge in [-0.25, -0.2) is 5.48 Å². The van der Waals surface area contributed by atoms with Gasteiger partial charge in [-0.15, -0.1) is 0 Å². The van der Waals surface area contributed by atoms with Crippen molar-refractivity contribution in [2.45, 2.75) is 32.9 Å². The van der Waals surface area contributed by atoms with E-state index in [1.807, 2.05) is 44.2 Å². The molecule has 2 unspecified atom stereocenters. The van der Waals surface area contributed by atoms with E-state index in [1.165, 1.54) is 0 Å². The Morgan fingerprint density at radius 1 is 1.08 bits per heavy atom. The van der Waals surface area contributed by atoms with Crippen LogP contribution < -0.4 is 10.8 Å². The number of carbonyl (C=O) groups is 2. The Labute approximate surface area is 158 Å². The lowest BCUT2D eigenvalue weighted by molar-refractivity contribution is -0.137. The van der Waals surface area contributed by atoms with E-state index >= 15 is 0 Å². The molecule has 0 fully saturated rings. The van der Waals surface area contributed by atoms with Crippen LogP contribution >= 0.6 is 11.6 Å². The van der Waals surface area contributed by atoms with Gasteiger partial charge in [0.2, 0.25) is 0 Å². The van der Waals surface area contributed by atoms with E-state index < -0.39 is 6.04 Å². The summed E-state index contributed by atoms with van der Waals surface area (Å²) < 4.78 is 0. The fraction of sp³-hybridized carbons (Fsp3) is 0.300. The summed E-state index contributed by atoms with van der Waals surface area (Å²) in [6, 6.07) is 15.3. The van der Waals surface area contributed by atoms with Crippen LogP contribution in [0.1, 0.15) is 36.2 Å². The van der Waals surface area contributed by atoms with Crippen molar-refractivity contribution >= 4 is 23.4 Å². The van der Waals surface area contributed by atoms with Crippen molar-refractivity contribution in [3.63, 3.8) is 0 Å². The lowest BCUT2D eigenvalue weighted by Gasteiger charge is -2.23. The largest absolute Gasteiger partial charge is 0.340 e. The lowest BCUT2D eigenvalue weighted by Crippen LogP contribution is -2.50. The molecule has 6 heteroatoms. The number of hydroxylamine groups is 1. The third-order valence-electron chi connectivity index (χ3n) is 4.14. The van der Waals surface area contributed by atoms with Gasteiger partial charge < -0.3 is 5.32 Å². The number of benzene rings is 2. The van der Waals surface area contributed by atoms with Crippen molar-refractivity contribution in [2.75, 3.05) is 0 Å². The normalized spacial score (nSPS) is 12.9. The highest BCUT2D eigenvalue weighted by molar-refractivity contribution is 6.30. The molecule has 2 atom stereocenters. The Hall–Kier alpha value is -2.37. The van der Waals surface area contributed by atoms with Crippen LogP contribution in [0.15, 0.2) is 54.6 Å². The quantitative estimate of drug-likeness (QED) is 0.692. The highest BCUT2D eigenvalue weighted by Crippen LogP contribution is 2.12. The molecule has 0 aliphatic rings. The van der Waals surface area contributed by atoms with E-state index in [0.29, 0.717) is 10.6 Å². The molecule has 2 aromatic carbocycles. The number of hydrogen-bond donors (Lipinski definition) is 2. The van der Waals surface area contributed by atoms with E-state index in [2.05, 4.69) is 10.8 Å². The van der Waals surface area contributed by atoms with Crippen LogP contribution in [-0.4, -0.2) is 17.9 Å². The first-order valence-corrected chi connectivity index (χ1v) is 8.91. The second kappa shape index (κ2) is 9.94. The summed E-state index contributed by atoms with van der Waals surface area (Å²) in [5.41, 5.74) is 3.83. The van der Waals surface area contributed by atoms with Crippen molar-refractivity contribution in [1.29, 1.82) is 0 Å². The Bertz CT molecular complexity index is 720. The minimum atomic E-state index is -0.695. The maximum Gasteiger partial charge on any atom is 0.266 e. The Balaban J connectivity index is 1.95. The molecule has 0 saturated carbocycles. The third-order valence-corrected chi connectivity index (χ3v) is 4.39. The molecule has 2 amide bonds. The minimum absolute atomic E-state index is 0.0495. The van der Waals surface area contributed by atoms with Crippen LogP contribution in [0, 0.1) is 5.92 Å². The van der Waals surface area contributed by atoms with Gasteiger partial charge in [-0.1, -0.05) is 62.2 Å². The zero-order chi connectivity index (χ0) is 18.9. The molecule has 0 radical (unpaired) electrons. The summed E-state index contributed by atoms with van der Waals surface area (Å²) >= 11 is 5.84. The van der Waals surface area contributed by atoms with Gasteiger partial charge in [-0.05, 0) is 35.7 Å². The van der Waals surface area contributed by atoms with Crippen LogP contribution in [0.3, 0.4) is 0 Å². The van der Waals surface area contributed by atoms with Crippen LogP contribution in [0.25, 0.3) is 0 Å². The summed E-state index contributed by atoms with van der Waals surface area (Å²) in [4.78, 5) is 30.2. The van der Waals surface area contributed by atoms with Crippen molar-refractivity contribution < 1.29 is 14.4 Å². The van der Waals surface area contributed by atoms with Gasteiger partial charge in [0, 0.05) is 10.6 Å². The molecule has 5 nitrogen and oxygen atoms in total. The molecular formula is C20H23ClN2O3. The monoisotopic (exact) mass is 374 g/mol.